The van der Waals surface area contributed by atoms with E-state index in [1.54, 1.807) is 61.5 Å². The van der Waals surface area contributed by atoms with E-state index in [-0.39, 0.29) is 71.7 Å². The quantitative estimate of drug-likeness (QED) is 0.0334. The number of ketones is 3. The first-order chi connectivity index (χ1) is 32.6. The Kier molecular flexibility index (Phi) is 17.4. The van der Waals surface area contributed by atoms with E-state index in [9.17, 15) is 34.8 Å². The van der Waals surface area contributed by atoms with E-state index < -0.39 is 23.9 Å². The lowest BCUT2D eigenvalue weighted by Crippen LogP contribution is -2.14. The van der Waals surface area contributed by atoms with Gasteiger partial charge in [0.25, 0.3) is 0 Å². The van der Waals surface area contributed by atoms with Crippen LogP contribution in [-0.4, -0.2) is 64.2 Å². The van der Waals surface area contributed by atoms with Gasteiger partial charge in [0.15, 0.2) is 19.8 Å². The molecule has 0 aliphatic rings. The number of aryl methyl sites for hydroxylation is 4. The van der Waals surface area contributed by atoms with Crippen LogP contribution in [0.3, 0.4) is 0 Å². The lowest BCUT2D eigenvalue weighted by atomic mass is 10.0. The molecule has 6 aromatic carbocycles. The topological polar surface area (TPSA) is 178 Å². The van der Waals surface area contributed by atoms with Crippen molar-refractivity contribution in [3.63, 3.8) is 0 Å². The zero-order valence-electron chi connectivity index (χ0n) is 38.9. The third-order valence-electron chi connectivity index (χ3n) is 11.2. The molecule has 0 bridgehead atoms. The highest BCUT2D eigenvalue weighted by Gasteiger charge is 2.21. The summed E-state index contributed by atoms with van der Waals surface area (Å²) in [4.78, 5) is 40.0. The third-order valence-corrected chi connectivity index (χ3v) is 11.5. The van der Waals surface area contributed by atoms with Gasteiger partial charge in [-0.25, -0.2) is 0 Å². The van der Waals surface area contributed by atoms with Crippen molar-refractivity contribution in [3.05, 3.63) is 153 Å². The number of halogens is 1. The molecule has 0 aliphatic carbocycles. The van der Waals surface area contributed by atoms with Crippen molar-refractivity contribution in [1.82, 2.24) is 0 Å². The predicted octanol–water partition coefficient (Wildman–Crippen LogP) is 12.1. The highest BCUT2D eigenvalue weighted by molar-refractivity contribution is 6.32. The van der Waals surface area contributed by atoms with Gasteiger partial charge in [0, 0.05) is 18.2 Å². The largest absolute Gasteiger partial charge is 0.508 e. The standard InChI is InChI=1S/C55H57ClO12/c1-6-11-36-25-43(51(63)30-65-39-18-16-35(17-19-39)33(3)4)55(28-46(36)58)64-22-10-13-37-24-41(47(59)27-45(37)57)49(61)31-66-52-21-20-40(23-34(52)5)68-54-29-48(60)42(26-38(54)12-7-2)50(62)32-67-53-15-9-8-14-44(53)56/h8-9,14-21,23-29,33,57-60H,6-7,10-13,22,30-32H2,1-5H3. The van der Waals surface area contributed by atoms with Crippen molar-refractivity contribution >= 4 is 29.0 Å². The summed E-state index contributed by atoms with van der Waals surface area (Å²) in [5.41, 5.74) is 3.84. The zero-order valence-corrected chi connectivity index (χ0v) is 39.7. The molecule has 0 unspecified atom stereocenters. The SMILES string of the molecule is CCCc1cc(C(=O)COc2ccc(C(C)C)cc2)c(OCCCc2cc(C(=O)COc3ccc(Oc4cc(O)c(C(=O)COc5ccccc5Cl)cc4CCC)cc3C)c(O)cc2O)cc1O. The van der Waals surface area contributed by atoms with Gasteiger partial charge in [0.1, 0.15) is 57.5 Å². The van der Waals surface area contributed by atoms with Crippen LogP contribution in [0.25, 0.3) is 0 Å². The minimum absolute atomic E-state index is 0.0154. The first kappa shape index (κ1) is 50.2. The van der Waals surface area contributed by atoms with Crippen molar-refractivity contribution in [2.24, 2.45) is 0 Å². The smallest absolute Gasteiger partial charge is 0.203 e. The van der Waals surface area contributed by atoms with E-state index >= 15 is 0 Å². The van der Waals surface area contributed by atoms with Crippen LogP contribution in [0.1, 0.15) is 112 Å². The van der Waals surface area contributed by atoms with E-state index in [0.29, 0.717) is 81.2 Å². The number of aromatic hydroxyl groups is 4. The number of carbonyl (C=O) groups excluding carboxylic acids is 3. The highest BCUT2D eigenvalue weighted by atomic mass is 35.5. The van der Waals surface area contributed by atoms with Crippen molar-refractivity contribution in [2.75, 3.05) is 26.4 Å². The van der Waals surface area contributed by atoms with Gasteiger partial charge >= 0.3 is 0 Å². The molecule has 0 spiro atoms. The Morgan fingerprint density at radius 1 is 0.529 bits per heavy atom. The normalized spacial score (nSPS) is 11.0. The van der Waals surface area contributed by atoms with Crippen LogP contribution in [0.4, 0.5) is 0 Å². The molecule has 0 aromatic heterocycles. The number of phenolic OH excluding ortho intramolecular Hbond substituents is 4. The molecule has 68 heavy (non-hydrogen) atoms. The van der Waals surface area contributed by atoms with Gasteiger partial charge in [0.05, 0.1) is 28.3 Å². The van der Waals surface area contributed by atoms with E-state index in [1.165, 1.54) is 18.2 Å². The number of rotatable bonds is 24. The number of phenols is 4. The van der Waals surface area contributed by atoms with Crippen LogP contribution in [0, 0.1) is 6.92 Å². The second-order valence-electron chi connectivity index (χ2n) is 16.7. The molecular weight excluding hydrogens is 888 g/mol. The minimum Gasteiger partial charge on any atom is -0.508 e. The van der Waals surface area contributed by atoms with Crippen molar-refractivity contribution in [2.45, 2.75) is 79.1 Å². The minimum atomic E-state index is -0.532. The molecule has 0 atom stereocenters. The molecule has 0 fully saturated rings. The monoisotopic (exact) mass is 944 g/mol. The molecule has 12 nitrogen and oxygen atoms in total. The summed E-state index contributed by atoms with van der Waals surface area (Å²) in [5, 5.41) is 43.3. The lowest BCUT2D eigenvalue weighted by Gasteiger charge is -2.16. The van der Waals surface area contributed by atoms with Crippen LogP contribution in [-0.2, 0) is 19.3 Å². The van der Waals surface area contributed by atoms with Crippen LogP contribution in [0.5, 0.6) is 57.5 Å². The van der Waals surface area contributed by atoms with Gasteiger partial charge in [-0.15, -0.1) is 0 Å². The molecule has 6 rings (SSSR count). The summed E-state index contributed by atoms with van der Waals surface area (Å²) in [7, 11) is 0. The fourth-order valence-corrected chi connectivity index (χ4v) is 7.65. The number of ether oxygens (including phenoxy) is 5. The first-order valence-corrected chi connectivity index (χ1v) is 23.0. The maximum absolute atomic E-state index is 13.5. The van der Waals surface area contributed by atoms with Gasteiger partial charge in [0.2, 0.25) is 17.3 Å². The Bertz CT molecular complexity index is 2740. The molecule has 0 radical (unpaired) electrons. The molecule has 13 heteroatoms. The Labute approximate surface area is 401 Å². The van der Waals surface area contributed by atoms with Crippen LogP contribution in [0.15, 0.2) is 103 Å². The molecule has 356 valence electrons. The molecule has 6 aromatic rings. The number of hydrogen-bond acceptors (Lipinski definition) is 12. The molecule has 0 heterocycles. The van der Waals surface area contributed by atoms with E-state index in [0.717, 1.165) is 24.5 Å². The maximum Gasteiger partial charge on any atom is 0.203 e. The van der Waals surface area contributed by atoms with Gasteiger partial charge < -0.3 is 44.1 Å². The molecule has 0 aliphatic heterocycles. The second-order valence-corrected chi connectivity index (χ2v) is 17.1. The number of benzene rings is 6. The number of carbonyl (C=O) groups is 3. The van der Waals surface area contributed by atoms with Crippen LogP contribution < -0.4 is 23.7 Å². The van der Waals surface area contributed by atoms with Gasteiger partial charge in [-0.2, -0.15) is 0 Å². The molecule has 4 N–H and O–H groups in total. The zero-order chi connectivity index (χ0) is 48.9. The number of Topliss-reactive ketones (excluding diaryl/α,β-unsaturated/α-hetero) is 3. The summed E-state index contributed by atoms with van der Waals surface area (Å²) in [6.45, 7) is 9.05. The molecular formula is C55H57ClO12. The number of para-hydroxylation sites is 1. The van der Waals surface area contributed by atoms with Gasteiger partial charge in [-0.3, -0.25) is 14.4 Å². The average Bonchev–Trinajstić information content (AvgIpc) is 3.31. The molecule has 0 amide bonds. The third kappa shape index (κ3) is 13.0. The van der Waals surface area contributed by atoms with E-state index in [1.807, 2.05) is 38.1 Å². The average molecular weight is 946 g/mol. The number of hydrogen-bond donors (Lipinski definition) is 4. The van der Waals surface area contributed by atoms with Crippen LogP contribution >= 0.6 is 11.6 Å². The van der Waals surface area contributed by atoms with Gasteiger partial charge in [-0.05, 0) is 127 Å². The Balaban J connectivity index is 1.05. The highest BCUT2D eigenvalue weighted by Crippen LogP contribution is 2.36. The summed E-state index contributed by atoms with van der Waals surface area (Å²) in [6, 6.07) is 28.0. The van der Waals surface area contributed by atoms with Crippen molar-refractivity contribution in [3.8, 4) is 57.5 Å². The Morgan fingerprint density at radius 3 is 1.74 bits per heavy atom. The lowest BCUT2D eigenvalue weighted by molar-refractivity contribution is 0.0910. The summed E-state index contributed by atoms with van der Waals surface area (Å²) in [6.07, 6.45) is 3.24. The summed E-state index contributed by atoms with van der Waals surface area (Å²) >= 11 is 6.16. The van der Waals surface area contributed by atoms with Gasteiger partial charge in [-0.1, -0.05) is 76.4 Å². The Morgan fingerprint density at radius 2 is 1.07 bits per heavy atom. The van der Waals surface area contributed by atoms with E-state index in [2.05, 4.69) is 13.8 Å². The molecule has 0 saturated heterocycles. The van der Waals surface area contributed by atoms with E-state index in [4.69, 9.17) is 35.3 Å². The van der Waals surface area contributed by atoms with Crippen molar-refractivity contribution < 1.29 is 58.5 Å². The Hall–Kier alpha value is -7.18. The van der Waals surface area contributed by atoms with Crippen LogP contribution in [0.2, 0.25) is 5.02 Å². The second kappa shape index (κ2) is 23.5. The summed E-state index contributed by atoms with van der Waals surface area (Å²) < 4.78 is 29.5. The molecule has 0 saturated carbocycles. The predicted molar refractivity (Wildman–Crippen MR) is 261 cm³/mol. The fraction of sp³-hybridized carbons (Fsp3) is 0.291. The van der Waals surface area contributed by atoms with Crippen molar-refractivity contribution in [1.29, 1.82) is 0 Å². The first-order valence-electron chi connectivity index (χ1n) is 22.7. The fourth-order valence-electron chi connectivity index (χ4n) is 7.46. The maximum atomic E-state index is 13.5. The summed E-state index contributed by atoms with van der Waals surface area (Å²) in [5.74, 6) is 0.507.